The second-order valence-corrected chi connectivity index (χ2v) is 8.14. The fourth-order valence-electron chi connectivity index (χ4n) is 3.29. The Morgan fingerprint density at radius 2 is 2.19 bits per heavy atom. The zero-order valence-corrected chi connectivity index (χ0v) is 16.2. The third-order valence-corrected chi connectivity index (χ3v) is 6.06. The lowest BCUT2D eigenvalue weighted by Crippen LogP contribution is -2.59. The van der Waals surface area contributed by atoms with Crippen LogP contribution >= 0.6 is 15.9 Å². The van der Waals surface area contributed by atoms with Crippen molar-refractivity contribution >= 4 is 33.1 Å². The summed E-state index contributed by atoms with van der Waals surface area (Å²) in [5.74, 6) is 1.17. The number of benzene rings is 1. The van der Waals surface area contributed by atoms with Gasteiger partial charge >= 0.3 is 6.09 Å². The number of hydrogen-bond donors (Lipinski definition) is 3. The first kappa shape index (κ1) is 18.5. The Kier molecular flexibility index (Phi) is 4.73. The molecule has 1 saturated heterocycles. The molecule has 3 N–H and O–H groups in total. The van der Waals surface area contributed by atoms with Crippen molar-refractivity contribution in [2.75, 3.05) is 19.7 Å². The van der Waals surface area contributed by atoms with Crippen molar-refractivity contribution in [3.63, 3.8) is 0 Å². The van der Waals surface area contributed by atoms with Gasteiger partial charge in [0.25, 0.3) is 0 Å². The molecule has 1 aliphatic carbocycles. The lowest BCUT2D eigenvalue weighted by atomic mass is 9.89. The molecule has 2 aromatic rings. The van der Waals surface area contributed by atoms with E-state index in [2.05, 4.69) is 26.2 Å². The molecule has 1 aromatic carbocycles. The maximum Gasteiger partial charge on any atom is 0.407 e. The molecule has 0 bridgehead atoms. The first-order valence-corrected chi connectivity index (χ1v) is 9.69. The van der Waals surface area contributed by atoms with Crippen LogP contribution in [0, 0.1) is 5.92 Å². The van der Waals surface area contributed by atoms with E-state index in [9.17, 15) is 15.0 Å². The van der Waals surface area contributed by atoms with Crippen molar-refractivity contribution in [1.82, 2.24) is 19.9 Å². The zero-order valence-electron chi connectivity index (χ0n) is 14.6. The van der Waals surface area contributed by atoms with Crippen LogP contribution in [0.1, 0.15) is 19.3 Å². The molecular formula is C17H21BrN4O5. The van der Waals surface area contributed by atoms with Gasteiger partial charge in [-0.15, -0.1) is 5.10 Å². The third-order valence-electron chi connectivity index (χ3n) is 5.29. The highest BCUT2D eigenvalue weighted by molar-refractivity contribution is 9.10. The van der Waals surface area contributed by atoms with Gasteiger partial charge < -0.3 is 25.0 Å². The number of ether oxygens (including phenoxy) is 1. The first-order chi connectivity index (χ1) is 12.9. The van der Waals surface area contributed by atoms with Gasteiger partial charge in [0.1, 0.15) is 29.6 Å². The Bertz CT molecular complexity index is 870. The number of aliphatic hydroxyl groups is 2. The Labute approximate surface area is 163 Å². The number of hydrogen-bond acceptors (Lipinski definition) is 6. The van der Waals surface area contributed by atoms with Crippen molar-refractivity contribution in [3.05, 3.63) is 16.6 Å². The van der Waals surface area contributed by atoms with Gasteiger partial charge in [0, 0.05) is 13.1 Å². The maximum absolute atomic E-state index is 11.0. The van der Waals surface area contributed by atoms with E-state index in [1.54, 1.807) is 6.07 Å². The van der Waals surface area contributed by atoms with E-state index < -0.39 is 17.8 Å². The minimum atomic E-state index is -1.51. The van der Waals surface area contributed by atoms with Gasteiger partial charge in [-0.2, -0.15) is 0 Å². The highest BCUT2D eigenvalue weighted by atomic mass is 79.9. The van der Waals surface area contributed by atoms with Crippen LogP contribution in [0.25, 0.3) is 11.0 Å². The van der Waals surface area contributed by atoms with E-state index in [4.69, 9.17) is 9.84 Å². The number of carboxylic acid groups (broad SMARTS) is 1. The van der Waals surface area contributed by atoms with Gasteiger partial charge in [-0.25, -0.2) is 9.48 Å². The summed E-state index contributed by atoms with van der Waals surface area (Å²) in [6.45, 7) is 0.698. The highest BCUT2D eigenvalue weighted by Gasteiger charge is 2.43. The van der Waals surface area contributed by atoms with Crippen LogP contribution in [0.15, 0.2) is 16.6 Å². The van der Waals surface area contributed by atoms with Gasteiger partial charge in [0.15, 0.2) is 0 Å². The van der Waals surface area contributed by atoms with Gasteiger partial charge in [-0.1, -0.05) is 5.21 Å². The number of aromatic nitrogens is 3. The van der Waals surface area contributed by atoms with E-state index >= 15 is 0 Å². The third kappa shape index (κ3) is 3.61. The summed E-state index contributed by atoms with van der Waals surface area (Å²) >= 11 is 3.49. The van der Waals surface area contributed by atoms with Gasteiger partial charge in [0.05, 0.1) is 16.5 Å². The summed E-state index contributed by atoms with van der Waals surface area (Å²) in [6, 6.07) is 3.66. The van der Waals surface area contributed by atoms with Crippen LogP contribution in [-0.2, 0) is 6.54 Å². The van der Waals surface area contributed by atoms with Crippen molar-refractivity contribution in [2.45, 2.75) is 37.5 Å². The number of halogens is 1. The average molecular weight is 441 g/mol. The summed E-state index contributed by atoms with van der Waals surface area (Å²) in [7, 11) is 0. The van der Waals surface area contributed by atoms with Crippen molar-refractivity contribution < 1.29 is 24.9 Å². The zero-order chi connectivity index (χ0) is 19.2. The summed E-state index contributed by atoms with van der Waals surface area (Å²) < 4.78 is 8.29. The fraction of sp³-hybridized carbons (Fsp3) is 0.588. The topological polar surface area (TPSA) is 121 Å². The molecule has 1 amide bonds. The fourth-order valence-corrected chi connectivity index (χ4v) is 3.82. The van der Waals surface area contributed by atoms with Crippen LogP contribution in [-0.4, -0.2) is 72.7 Å². The molecule has 2 atom stereocenters. The summed E-state index contributed by atoms with van der Waals surface area (Å²) in [4.78, 5) is 12.1. The number of carbonyl (C=O) groups is 1. The number of amides is 1. The molecule has 0 unspecified atom stereocenters. The van der Waals surface area contributed by atoms with Crippen LogP contribution in [0.5, 0.6) is 5.75 Å². The quantitative estimate of drug-likeness (QED) is 0.643. The Hall–Kier alpha value is -1.91. The SMILES string of the molecule is O=C(O)N1CC[C@](O)(COc2ccc3c(nnn3CC3CC3)c2Br)[C@@H](O)C1. The van der Waals surface area contributed by atoms with Crippen molar-refractivity contribution in [1.29, 1.82) is 0 Å². The van der Waals surface area contributed by atoms with E-state index in [1.165, 1.54) is 12.8 Å². The molecule has 10 heteroatoms. The summed E-state index contributed by atoms with van der Waals surface area (Å²) in [6.07, 6.45) is 0.218. The van der Waals surface area contributed by atoms with E-state index in [0.29, 0.717) is 21.7 Å². The largest absolute Gasteiger partial charge is 0.489 e. The van der Waals surface area contributed by atoms with Crippen molar-refractivity contribution in [3.8, 4) is 5.75 Å². The average Bonchev–Trinajstić information content (AvgIpc) is 3.35. The van der Waals surface area contributed by atoms with Crippen LogP contribution < -0.4 is 4.74 Å². The molecule has 146 valence electrons. The molecule has 1 aliphatic heterocycles. The minimum absolute atomic E-state index is 0.0951. The predicted molar refractivity (Wildman–Crippen MR) is 98.6 cm³/mol. The number of β-amino-alcohol motifs (C(OH)–C–C–N with tert-alkyl or cyclic N) is 1. The van der Waals surface area contributed by atoms with Gasteiger partial charge in [-0.3, -0.25) is 0 Å². The maximum atomic E-state index is 11.0. The lowest BCUT2D eigenvalue weighted by Gasteiger charge is -2.40. The second kappa shape index (κ2) is 6.92. The van der Waals surface area contributed by atoms with Gasteiger partial charge in [-0.05, 0) is 53.2 Å². The number of fused-ring (bicyclic) bond motifs is 1. The van der Waals surface area contributed by atoms with Gasteiger partial charge in [0.2, 0.25) is 0 Å². The molecule has 2 heterocycles. The van der Waals surface area contributed by atoms with E-state index in [0.717, 1.165) is 17.0 Å². The number of nitrogens with zero attached hydrogens (tertiary/aromatic N) is 4. The first-order valence-electron chi connectivity index (χ1n) is 8.90. The standard InChI is InChI=1S/C17H21BrN4O5/c18-14-12(4-3-11-15(14)19-20-22(11)7-10-1-2-10)27-9-17(26)5-6-21(16(24)25)8-13(17)23/h3-4,10,13,23,26H,1-2,5-9H2,(H,24,25)/t13-,17-/m0/s1. The van der Waals surface area contributed by atoms with Crippen LogP contribution in [0.4, 0.5) is 4.79 Å². The molecule has 1 saturated carbocycles. The van der Waals surface area contributed by atoms with E-state index in [-0.39, 0.29) is 26.1 Å². The highest BCUT2D eigenvalue weighted by Crippen LogP contribution is 2.35. The van der Waals surface area contributed by atoms with Crippen LogP contribution in [0.2, 0.25) is 0 Å². The summed E-state index contributed by atoms with van der Waals surface area (Å²) in [5.41, 5.74) is 0.0835. The second-order valence-electron chi connectivity index (χ2n) is 7.35. The number of piperidine rings is 1. The molecule has 0 spiro atoms. The smallest absolute Gasteiger partial charge is 0.407 e. The Morgan fingerprint density at radius 1 is 1.41 bits per heavy atom. The lowest BCUT2D eigenvalue weighted by molar-refractivity contribution is -0.132. The van der Waals surface area contributed by atoms with E-state index in [1.807, 2.05) is 10.7 Å². The predicted octanol–water partition coefficient (Wildman–Crippen LogP) is 1.46. The summed E-state index contributed by atoms with van der Waals surface area (Å²) in [5, 5.41) is 38.3. The Morgan fingerprint density at radius 3 is 2.85 bits per heavy atom. The molecule has 9 nitrogen and oxygen atoms in total. The normalized spacial score (nSPS) is 25.7. The molecule has 4 rings (SSSR count). The minimum Gasteiger partial charge on any atom is -0.489 e. The molecule has 0 radical (unpaired) electrons. The monoisotopic (exact) mass is 440 g/mol. The van der Waals surface area contributed by atoms with Crippen molar-refractivity contribution in [2.24, 2.45) is 5.92 Å². The number of aliphatic hydroxyl groups excluding tert-OH is 1. The Balaban J connectivity index is 1.47. The molecule has 1 aromatic heterocycles. The molecule has 2 aliphatic rings. The van der Waals surface area contributed by atoms with Crippen LogP contribution in [0.3, 0.4) is 0 Å². The molecular weight excluding hydrogens is 420 g/mol. The molecule has 27 heavy (non-hydrogen) atoms. The number of likely N-dealkylation sites (tertiary alicyclic amines) is 1. The number of rotatable bonds is 5. The molecule has 2 fully saturated rings.